The highest BCUT2D eigenvalue weighted by Gasteiger charge is 2.22. The van der Waals surface area contributed by atoms with Crippen molar-refractivity contribution in [2.45, 2.75) is 32.7 Å². The number of aromatic nitrogens is 2. The molecule has 0 fully saturated rings. The summed E-state index contributed by atoms with van der Waals surface area (Å²) in [5, 5.41) is 16.4. The number of halogens is 1. The summed E-state index contributed by atoms with van der Waals surface area (Å²) >= 11 is 6.00. The van der Waals surface area contributed by atoms with E-state index in [1.165, 1.54) is 6.20 Å². The molecule has 0 bridgehead atoms. The second kappa shape index (κ2) is 7.28. The number of carboxylic acid groups (broad SMARTS) is 1. The number of aliphatic carboxylic acids is 1. The van der Waals surface area contributed by atoms with Crippen molar-refractivity contribution < 1.29 is 14.7 Å². The van der Waals surface area contributed by atoms with Crippen LogP contribution in [0.5, 0.6) is 0 Å². The maximum atomic E-state index is 12.4. The second-order valence-corrected chi connectivity index (χ2v) is 5.46. The van der Waals surface area contributed by atoms with Crippen LogP contribution in [0.15, 0.2) is 30.5 Å². The van der Waals surface area contributed by atoms with E-state index in [0.29, 0.717) is 29.1 Å². The Labute approximate surface area is 139 Å². The first-order valence-corrected chi connectivity index (χ1v) is 7.72. The van der Waals surface area contributed by atoms with Crippen molar-refractivity contribution >= 4 is 23.5 Å². The van der Waals surface area contributed by atoms with Gasteiger partial charge in [0.25, 0.3) is 5.91 Å². The van der Waals surface area contributed by atoms with Gasteiger partial charge in [-0.05, 0) is 31.0 Å². The fourth-order valence-corrected chi connectivity index (χ4v) is 2.49. The van der Waals surface area contributed by atoms with Crippen LogP contribution in [0, 0.1) is 0 Å². The van der Waals surface area contributed by atoms with Gasteiger partial charge < -0.3 is 10.4 Å². The lowest BCUT2D eigenvalue weighted by molar-refractivity contribution is -0.139. The van der Waals surface area contributed by atoms with Crippen LogP contribution in [0.25, 0.3) is 5.69 Å². The lowest BCUT2D eigenvalue weighted by atomic mass is 10.1. The Kier molecular flexibility index (Phi) is 5.39. The number of carbonyl (C=O) groups excluding carboxylic acids is 1. The molecule has 2 rings (SSSR count). The van der Waals surface area contributed by atoms with Gasteiger partial charge in [0.15, 0.2) is 0 Å². The van der Waals surface area contributed by atoms with Crippen LogP contribution < -0.4 is 5.32 Å². The normalized spacial score (nSPS) is 12.0. The highest BCUT2D eigenvalue weighted by molar-refractivity contribution is 6.30. The molecule has 2 N–H and O–H groups in total. The number of nitrogens with zero attached hydrogens (tertiary/aromatic N) is 2. The number of nitrogens with one attached hydrogen (secondary N) is 1. The minimum Gasteiger partial charge on any atom is -0.480 e. The van der Waals surface area contributed by atoms with E-state index in [2.05, 4.69) is 10.4 Å². The first kappa shape index (κ1) is 17.0. The second-order valence-electron chi connectivity index (χ2n) is 5.02. The molecule has 0 spiro atoms. The Morgan fingerprint density at radius 1 is 1.39 bits per heavy atom. The molecule has 0 aliphatic carbocycles. The number of rotatable bonds is 6. The largest absolute Gasteiger partial charge is 0.480 e. The summed E-state index contributed by atoms with van der Waals surface area (Å²) in [4.78, 5) is 23.4. The lowest BCUT2D eigenvalue weighted by Gasteiger charge is -2.13. The molecule has 1 amide bonds. The standard InChI is InChI=1S/C16H18ClN3O3/c1-3-13(16(22)23)19-15(21)12-9-18-20(14(12)4-2)11-7-5-6-10(17)8-11/h5-9,13H,3-4H2,1-2H3,(H,19,21)(H,22,23). The van der Waals surface area contributed by atoms with Crippen molar-refractivity contribution in [3.05, 3.63) is 46.7 Å². The lowest BCUT2D eigenvalue weighted by Crippen LogP contribution is -2.40. The number of hydrogen-bond donors (Lipinski definition) is 2. The monoisotopic (exact) mass is 335 g/mol. The molecule has 1 aromatic carbocycles. The number of hydrogen-bond acceptors (Lipinski definition) is 3. The van der Waals surface area contributed by atoms with Crippen molar-refractivity contribution in [2.75, 3.05) is 0 Å². The Balaban J connectivity index is 2.34. The highest BCUT2D eigenvalue weighted by atomic mass is 35.5. The Hall–Kier alpha value is -2.34. The van der Waals surface area contributed by atoms with E-state index in [4.69, 9.17) is 16.7 Å². The molecule has 0 saturated carbocycles. The van der Waals surface area contributed by atoms with Crippen LogP contribution >= 0.6 is 11.6 Å². The molecule has 0 aliphatic rings. The summed E-state index contributed by atoms with van der Waals surface area (Å²) in [6.45, 7) is 3.61. The fourth-order valence-electron chi connectivity index (χ4n) is 2.31. The van der Waals surface area contributed by atoms with Crippen molar-refractivity contribution in [1.82, 2.24) is 15.1 Å². The number of carboxylic acids is 1. The maximum Gasteiger partial charge on any atom is 0.326 e. The van der Waals surface area contributed by atoms with Gasteiger partial charge in [0.05, 0.1) is 23.1 Å². The minimum atomic E-state index is -1.05. The zero-order valence-electron chi connectivity index (χ0n) is 12.9. The van der Waals surface area contributed by atoms with E-state index in [-0.39, 0.29) is 0 Å². The first-order valence-electron chi connectivity index (χ1n) is 7.34. The van der Waals surface area contributed by atoms with Crippen LogP contribution in [-0.2, 0) is 11.2 Å². The van der Waals surface area contributed by atoms with Crippen molar-refractivity contribution in [2.24, 2.45) is 0 Å². The Bertz CT molecular complexity index is 727. The molecule has 0 radical (unpaired) electrons. The van der Waals surface area contributed by atoms with E-state index >= 15 is 0 Å². The molecule has 23 heavy (non-hydrogen) atoms. The molecule has 7 heteroatoms. The molecular formula is C16H18ClN3O3. The maximum absolute atomic E-state index is 12.4. The molecule has 0 aliphatic heterocycles. The molecule has 1 aromatic heterocycles. The van der Waals surface area contributed by atoms with Crippen LogP contribution in [0.3, 0.4) is 0 Å². The molecule has 2 aromatic rings. The van der Waals surface area contributed by atoms with Crippen molar-refractivity contribution in [1.29, 1.82) is 0 Å². The van der Waals surface area contributed by atoms with Gasteiger partial charge in [-0.15, -0.1) is 0 Å². The highest BCUT2D eigenvalue weighted by Crippen LogP contribution is 2.19. The zero-order chi connectivity index (χ0) is 17.0. The Morgan fingerprint density at radius 3 is 2.70 bits per heavy atom. The van der Waals surface area contributed by atoms with E-state index < -0.39 is 17.9 Å². The van der Waals surface area contributed by atoms with E-state index in [9.17, 15) is 9.59 Å². The number of carbonyl (C=O) groups is 2. The number of amides is 1. The van der Waals surface area contributed by atoms with Crippen LogP contribution in [0.2, 0.25) is 5.02 Å². The third-order valence-electron chi connectivity index (χ3n) is 3.51. The summed E-state index contributed by atoms with van der Waals surface area (Å²) in [6.07, 6.45) is 2.33. The summed E-state index contributed by atoms with van der Waals surface area (Å²) in [5.41, 5.74) is 1.82. The van der Waals surface area contributed by atoms with Gasteiger partial charge in [0, 0.05) is 5.02 Å². The molecular weight excluding hydrogens is 318 g/mol. The van der Waals surface area contributed by atoms with E-state index in [0.717, 1.165) is 5.69 Å². The van der Waals surface area contributed by atoms with Gasteiger partial charge in [-0.1, -0.05) is 31.5 Å². The third kappa shape index (κ3) is 3.71. The van der Waals surface area contributed by atoms with Crippen molar-refractivity contribution in [3.8, 4) is 5.69 Å². The quantitative estimate of drug-likeness (QED) is 0.850. The van der Waals surface area contributed by atoms with Crippen LogP contribution in [0.4, 0.5) is 0 Å². The van der Waals surface area contributed by atoms with Gasteiger partial charge in [-0.3, -0.25) is 4.79 Å². The van der Waals surface area contributed by atoms with Gasteiger partial charge in [-0.25, -0.2) is 9.48 Å². The summed E-state index contributed by atoms with van der Waals surface area (Å²) in [6, 6.07) is 6.23. The van der Waals surface area contributed by atoms with Crippen molar-refractivity contribution in [3.63, 3.8) is 0 Å². The van der Waals surface area contributed by atoms with Crippen LogP contribution in [-0.4, -0.2) is 32.8 Å². The zero-order valence-corrected chi connectivity index (χ0v) is 13.7. The average Bonchev–Trinajstić information content (AvgIpc) is 2.96. The van der Waals surface area contributed by atoms with Gasteiger partial charge in [0.1, 0.15) is 6.04 Å². The summed E-state index contributed by atoms with van der Waals surface area (Å²) in [7, 11) is 0. The van der Waals surface area contributed by atoms with Crippen LogP contribution in [0.1, 0.15) is 36.3 Å². The van der Waals surface area contributed by atoms with E-state index in [1.54, 1.807) is 29.8 Å². The van der Waals surface area contributed by atoms with E-state index in [1.807, 2.05) is 13.0 Å². The van der Waals surface area contributed by atoms with Gasteiger partial charge >= 0.3 is 5.97 Å². The molecule has 1 atom stereocenters. The molecule has 0 saturated heterocycles. The number of benzene rings is 1. The molecule has 6 nitrogen and oxygen atoms in total. The predicted molar refractivity (Wildman–Crippen MR) is 87.1 cm³/mol. The molecule has 1 heterocycles. The fraction of sp³-hybridized carbons (Fsp3) is 0.312. The molecule has 122 valence electrons. The topological polar surface area (TPSA) is 84.2 Å². The minimum absolute atomic E-state index is 0.310. The third-order valence-corrected chi connectivity index (χ3v) is 3.75. The predicted octanol–water partition coefficient (Wildman–Crippen LogP) is 2.68. The van der Waals surface area contributed by atoms with Gasteiger partial charge in [-0.2, -0.15) is 5.10 Å². The first-order chi connectivity index (χ1) is 11.0. The summed E-state index contributed by atoms with van der Waals surface area (Å²) < 4.78 is 1.64. The smallest absolute Gasteiger partial charge is 0.326 e. The molecule has 1 unspecified atom stereocenters. The van der Waals surface area contributed by atoms with Gasteiger partial charge in [0.2, 0.25) is 0 Å². The Morgan fingerprint density at radius 2 is 2.13 bits per heavy atom. The summed E-state index contributed by atoms with van der Waals surface area (Å²) in [5.74, 6) is -1.49. The SMILES string of the molecule is CCc1c(C(=O)NC(CC)C(=O)O)cnn1-c1cccc(Cl)c1. The average molecular weight is 336 g/mol.